The van der Waals surface area contributed by atoms with Crippen molar-refractivity contribution in [2.75, 3.05) is 0 Å². The number of carboxylic acid groups (broad SMARTS) is 1. The van der Waals surface area contributed by atoms with Crippen LogP contribution in [0.3, 0.4) is 0 Å². The molecule has 2 fully saturated rings. The van der Waals surface area contributed by atoms with Crippen LogP contribution in [0.4, 0.5) is 0 Å². The summed E-state index contributed by atoms with van der Waals surface area (Å²) in [6, 6.07) is 0. The zero-order valence-electron chi connectivity index (χ0n) is 9.12. The van der Waals surface area contributed by atoms with Crippen molar-refractivity contribution in [3.63, 3.8) is 0 Å². The molecule has 2 bridgehead atoms. The SMILES string of the molecule is CC1CC2CC(C)CC(C(=O)O)(C1)C2. The van der Waals surface area contributed by atoms with E-state index in [1.54, 1.807) is 0 Å². The third kappa shape index (κ3) is 1.55. The zero-order valence-corrected chi connectivity index (χ0v) is 9.12. The maximum absolute atomic E-state index is 11.4. The van der Waals surface area contributed by atoms with Gasteiger partial charge in [-0.3, -0.25) is 4.79 Å². The minimum absolute atomic E-state index is 0.361. The van der Waals surface area contributed by atoms with Crippen LogP contribution in [0.25, 0.3) is 0 Å². The first-order valence-electron chi connectivity index (χ1n) is 5.75. The van der Waals surface area contributed by atoms with Crippen molar-refractivity contribution in [2.24, 2.45) is 23.2 Å². The number of carbonyl (C=O) groups is 1. The van der Waals surface area contributed by atoms with Crippen LogP contribution in [0.1, 0.15) is 46.0 Å². The smallest absolute Gasteiger partial charge is 0.309 e. The average molecular weight is 196 g/mol. The molecule has 80 valence electrons. The number of carboxylic acids is 1. The van der Waals surface area contributed by atoms with Gasteiger partial charge in [-0.1, -0.05) is 13.8 Å². The van der Waals surface area contributed by atoms with Crippen LogP contribution in [0.5, 0.6) is 0 Å². The monoisotopic (exact) mass is 196 g/mol. The number of fused-ring (bicyclic) bond motifs is 2. The average Bonchev–Trinajstić information content (AvgIpc) is 2.00. The van der Waals surface area contributed by atoms with E-state index >= 15 is 0 Å². The maximum atomic E-state index is 11.4. The van der Waals surface area contributed by atoms with E-state index in [-0.39, 0.29) is 5.41 Å². The fourth-order valence-electron chi connectivity index (χ4n) is 3.97. The van der Waals surface area contributed by atoms with Gasteiger partial charge in [0, 0.05) is 0 Å². The van der Waals surface area contributed by atoms with Crippen LogP contribution >= 0.6 is 0 Å². The Morgan fingerprint density at radius 3 is 2.07 bits per heavy atom. The lowest BCUT2D eigenvalue weighted by atomic mass is 9.57. The van der Waals surface area contributed by atoms with E-state index in [9.17, 15) is 9.90 Å². The minimum atomic E-state index is -0.541. The molecule has 2 atom stereocenters. The molecule has 0 radical (unpaired) electrons. The molecule has 0 spiro atoms. The summed E-state index contributed by atoms with van der Waals surface area (Å²) in [5, 5.41) is 9.38. The Morgan fingerprint density at radius 2 is 1.64 bits per heavy atom. The highest BCUT2D eigenvalue weighted by Gasteiger charge is 2.49. The molecule has 0 heterocycles. The highest BCUT2D eigenvalue weighted by atomic mass is 16.4. The van der Waals surface area contributed by atoms with E-state index in [0.29, 0.717) is 17.8 Å². The standard InChI is InChI=1S/C12H20O2/c1-8-3-10-4-9(2)6-12(5-8,7-10)11(13)14/h8-10H,3-7H2,1-2H3,(H,13,14). The lowest BCUT2D eigenvalue weighted by Gasteiger charge is -2.47. The molecule has 2 unspecified atom stereocenters. The molecule has 2 heteroatoms. The quantitative estimate of drug-likeness (QED) is 0.700. The second-order valence-corrected chi connectivity index (χ2v) is 5.75. The van der Waals surface area contributed by atoms with Gasteiger partial charge >= 0.3 is 5.97 Å². The number of rotatable bonds is 1. The first-order valence-corrected chi connectivity index (χ1v) is 5.75. The summed E-state index contributed by atoms with van der Waals surface area (Å²) in [5.41, 5.74) is -0.361. The van der Waals surface area contributed by atoms with E-state index < -0.39 is 5.97 Å². The number of hydrogen-bond donors (Lipinski definition) is 1. The van der Waals surface area contributed by atoms with Gasteiger partial charge in [0.1, 0.15) is 0 Å². The van der Waals surface area contributed by atoms with Crippen LogP contribution in [0.2, 0.25) is 0 Å². The van der Waals surface area contributed by atoms with E-state index in [0.717, 1.165) is 19.3 Å². The van der Waals surface area contributed by atoms with Gasteiger partial charge in [-0.05, 0) is 49.9 Å². The van der Waals surface area contributed by atoms with Crippen molar-refractivity contribution < 1.29 is 9.90 Å². The van der Waals surface area contributed by atoms with Gasteiger partial charge in [-0.15, -0.1) is 0 Å². The first-order chi connectivity index (χ1) is 6.52. The molecule has 2 aliphatic rings. The fraction of sp³-hybridized carbons (Fsp3) is 0.917. The molecule has 0 aliphatic heterocycles. The van der Waals surface area contributed by atoms with Crippen LogP contribution in [0, 0.1) is 23.2 Å². The molecule has 2 aliphatic carbocycles. The zero-order chi connectivity index (χ0) is 10.3. The molecule has 2 saturated carbocycles. The van der Waals surface area contributed by atoms with Gasteiger partial charge in [-0.25, -0.2) is 0 Å². The van der Waals surface area contributed by atoms with Crippen molar-refractivity contribution >= 4 is 5.97 Å². The lowest BCUT2D eigenvalue weighted by Crippen LogP contribution is -2.44. The number of hydrogen-bond acceptors (Lipinski definition) is 1. The first kappa shape index (κ1) is 10.0. The van der Waals surface area contributed by atoms with Crippen molar-refractivity contribution in [1.82, 2.24) is 0 Å². The summed E-state index contributed by atoms with van der Waals surface area (Å²) in [7, 11) is 0. The minimum Gasteiger partial charge on any atom is -0.481 e. The second kappa shape index (κ2) is 3.25. The molecule has 0 aromatic rings. The van der Waals surface area contributed by atoms with Gasteiger partial charge in [0.25, 0.3) is 0 Å². The molecular formula is C12H20O2. The van der Waals surface area contributed by atoms with Crippen LogP contribution < -0.4 is 0 Å². The van der Waals surface area contributed by atoms with Crippen LogP contribution in [0.15, 0.2) is 0 Å². The molecule has 0 aromatic heterocycles. The van der Waals surface area contributed by atoms with Crippen LogP contribution in [-0.4, -0.2) is 11.1 Å². The van der Waals surface area contributed by atoms with E-state index in [4.69, 9.17) is 0 Å². The second-order valence-electron chi connectivity index (χ2n) is 5.75. The summed E-state index contributed by atoms with van der Waals surface area (Å²) in [5.74, 6) is 1.36. The van der Waals surface area contributed by atoms with Gasteiger partial charge in [0.05, 0.1) is 5.41 Å². The summed E-state index contributed by atoms with van der Waals surface area (Å²) >= 11 is 0. The maximum Gasteiger partial charge on any atom is 0.309 e. The molecule has 2 nitrogen and oxygen atoms in total. The Labute approximate surface area is 85.7 Å². The number of aliphatic carboxylic acids is 1. The normalized spacial score (nSPS) is 47.4. The third-order valence-corrected chi connectivity index (χ3v) is 4.08. The topological polar surface area (TPSA) is 37.3 Å². The van der Waals surface area contributed by atoms with Crippen molar-refractivity contribution in [3.05, 3.63) is 0 Å². The Morgan fingerprint density at radius 1 is 1.14 bits per heavy atom. The molecule has 0 saturated heterocycles. The third-order valence-electron chi connectivity index (χ3n) is 4.08. The summed E-state index contributed by atoms with van der Waals surface area (Å²) in [6.07, 6.45) is 5.25. The predicted octanol–water partition coefficient (Wildman–Crippen LogP) is 2.92. The van der Waals surface area contributed by atoms with Gasteiger partial charge in [0.15, 0.2) is 0 Å². The van der Waals surface area contributed by atoms with E-state index in [2.05, 4.69) is 13.8 Å². The lowest BCUT2D eigenvalue weighted by molar-refractivity contribution is -0.158. The van der Waals surface area contributed by atoms with Crippen molar-refractivity contribution in [2.45, 2.75) is 46.0 Å². The fourth-order valence-corrected chi connectivity index (χ4v) is 3.97. The van der Waals surface area contributed by atoms with Crippen molar-refractivity contribution in [1.29, 1.82) is 0 Å². The molecule has 14 heavy (non-hydrogen) atoms. The van der Waals surface area contributed by atoms with Gasteiger partial charge in [-0.2, -0.15) is 0 Å². The molecule has 2 rings (SSSR count). The van der Waals surface area contributed by atoms with E-state index in [1.807, 2.05) is 0 Å². The Bertz CT molecular complexity index is 227. The summed E-state index contributed by atoms with van der Waals surface area (Å²) in [6.45, 7) is 4.42. The van der Waals surface area contributed by atoms with Gasteiger partial charge < -0.3 is 5.11 Å². The molecule has 0 amide bonds. The van der Waals surface area contributed by atoms with Crippen LogP contribution in [-0.2, 0) is 4.79 Å². The Hall–Kier alpha value is -0.530. The predicted molar refractivity (Wildman–Crippen MR) is 55.0 cm³/mol. The summed E-state index contributed by atoms with van der Waals surface area (Å²) in [4.78, 5) is 11.4. The van der Waals surface area contributed by atoms with E-state index in [1.165, 1.54) is 12.8 Å². The molecule has 0 aromatic carbocycles. The largest absolute Gasteiger partial charge is 0.481 e. The Balaban J connectivity index is 2.23. The molecule has 1 N–H and O–H groups in total. The van der Waals surface area contributed by atoms with Gasteiger partial charge in [0.2, 0.25) is 0 Å². The summed E-state index contributed by atoms with van der Waals surface area (Å²) < 4.78 is 0. The molecular weight excluding hydrogens is 176 g/mol. The highest BCUT2D eigenvalue weighted by molar-refractivity contribution is 5.75. The van der Waals surface area contributed by atoms with Crippen molar-refractivity contribution in [3.8, 4) is 0 Å². The highest BCUT2D eigenvalue weighted by Crippen LogP contribution is 2.52. The Kier molecular flexibility index (Phi) is 2.32.